The number of hydrogen-bond donors (Lipinski definition) is 1. The van der Waals surface area contributed by atoms with Crippen LogP contribution in [0, 0.1) is 5.92 Å². The second-order valence-electron chi connectivity index (χ2n) is 4.57. The van der Waals surface area contributed by atoms with Crippen LogP contribution in [0.25, 0.3) is 10.6 Å². The number of aliphatic hydroxyl groups excluding tert-OH is 1. The Morgan fingerprint density at radius 3 is 2.88 bits per heavy atom. The smallest absolute Gasteiger partial charge is 0.106 e. The Morgan fingerprint density at radius 2 is 2.29 bits per heavy atom. The van der Waals surface area contributed by atoms with Gasteiger partial charge < -0.3 is 5.11 Å². The van der Waals surface area contributed by atoms with E-state index in [4.69, 9.17) is 5.11 Å². The van der Waals surface area contributed by atoms with Gasteiger partial charge in [0, 0.05) is 24.9 Å². The summed E-state index contributed by atoms with van der Waals surface area (Å²) in [6, 6.07) is 4.11. The number of nitrogens with zero attached hydrogens (tertiary/aromatic N) is 2. The van der Waals surface area contributed by atoms with Crippen molar-refractivity contribution in [1.29, 1.82) is 0 Å². The van der Waals surface area contributed by atoms with Crippen molar-refractivity contribution in [3.63, 3.8) is 0 Å². The molecular weight excluding hydrogens is 232 g/mol. The highest BCUT2D eigenvalue weighted by atomic mass is 32.1. The van der Waals surface area contributed by atoms with E-state index >= 15 is 0 Å². The quantitative estimate of drug-likeness (QED) is 0.886. The van der Waals surface area contributed by atoms with E-state index in [2.05, 4.69) is 36.6 Å². The van der Waals surface area contributed by atoms with Gasteiger partial charge in [0.2, 0.25) is 0 Å². The van der Waals surface area contributed by atoms with E-state index < -0.39 is 0 Å². The Labute approximate surface area is 106 Å². The van der Waals surface area contributed by atoms with E-state index in [0.29, 0.717) is 12.3 Å². The molecule has 0 unspecified atom stereocenters. The first-order chi connectivity index (χ1) is 8.20. The van der Waals surface area contributed by atoms with Crippen molar-refractivity contribution in [2.75, 3.05) is 6.61 Å². The van der Waals surface area contributed by atoms with E-state index in [-0.39, 0.29) is 6.61 Å². The lowest BCUT2D eigenvalue weighted by Crippen LogP contribution is -2.04. The maximum atomic E-state index is 9.10. The Bertz CT molecular complexity index is 460. The first-order valence-electron chi connectivity index (χ1n) is 5.91. The molecule has 0 spiro atoms. The molecule has 0 aliphatic carbocycles. The number of thiophene rings is 1. The van der Waals surface area contributed by atoms with Crippen LogP contribution in [0.3, 0.4) is 0 Å². The summed E-state index contributed by atoms with van der Waals surface area (Å²) < 4.78 is 1.99. The highest BCUT2D eigenvalue weighted by Crippen LogP contribution is 2.27. The highest BCUT2D eigenvalue weighted by molar-refractivity contribution is 7.13. The van der Waals surface area contributed by atoms with Crippen LogP contribution in [0.15, 0.2) is 23.7 Å². The van der Waals surface area contributed by atoms with Gasteiger partial charge in [-0.1, -0.05) is 19.9 Å². The van der Waals surface area contributed by atoms with E-state index in [1.165, 1.54) is 4.88 Å². The van der Waals surface area contributed by atoms with Gasteiger partial charge in [-0.05, 0) is 23.8 Å². The Kier molecular flexibility index (Phi) is 3.97. The molecule has 0 amide bonds. The fraction of sp³-hybridized carbons (Fsp3) is 0.462. The van der Waals surface area contributed by atoms with E-state index in [9.17, 15) is 0 Å². The summed E-state index contributed by atoms with van der Waals surface area (Å²) in [5.74, 6) is 0.577. The molecule has 2 heterocycles. The number of hydrogen-bond acceptors (Lipinski definition) is 3. The van der Waals surface area contributed by atoms with Gasteiger partial charge in [-0.2, -0.15) is 5.10 Å². The maximum Gasteiger partial charge on any atom is 0.106 e. The monoisotopic (exact) mass is 250 g/mol. The summed E-state index contributed by atoms with van der Waals surface area (Å²) in [4.78, 5) is 1.18. The van der Waals surface area contributed by atoms with Gasteiger partial charge in [0.15, 0.2) is 0 Å². The maximum absolute atomic E-state index is 9.10. The lowest BCUT2D eigenvalue weighted by molar-refractivity contribution is 0.299. The van der Waals surface area contributed by atoms with Gasteiger partial charge in [-0.15, -0.1) is 11.3 Å². The molecule has 92 valence electrons. The van der Waals surface area contributed by atoms with Crippen LogP contribution in [0.5, 0.6) is 0 Å². The van der Waals surface area contributed by atoms with Crippen LogP contribution in [-0.2, 0) is 13.0 Å². The molecule has 0 saturated heterocycles. The minimum absolute atomic E-state index is 0.172. The second-order valence-corrected chi connectivity index (χ2v) is 5.52. The van der Waals surface area contributed by atoms with Gasteiger partial charge in [-0.25, -0.2) is 0 Å². The third-order valence-corrected chi connectivity index (χ3v) is 3.40. The fourth-order valence-corrected chi connectivity index (χ4v) is 2.60. The lowest BCUT2D eigenvalue weighted by atomic mass is 10.1. The summed E-state index contributed by atoms with van der Waals surface area (Å²) in [7, 11) is 0. The van der Waals surface area contributed by atoms with Crippen LogP contribution in [0.4, 0.5) is 0 Å². The molecule has 1 N–H and O–H groups in total. The van der Waals surface area contributed by atoms with Gasteiger partial charge in [0.1, 0.15) is 5.69 Å². The van der Waals surface area contributed by atoms with Crippen molar-refractivity contribution in [2.24, 2.45) is 5.92 Å². The third kappa shape index (κ3) is 2.96. The largest absolute Gasteiger partial charge is 0.396 e. The van der Waals surface area contributed by atoms with Crippen molar-refractivity contribution >= 4 is 11.3 Å². The molecule has 0 aromatic carbocycles. The molecule has 0 atom stereocenters. The zero-order valence-corrected chi connectivity index (χ0v) is 11.1. The summed E-state index contributed by atoms with van der Waals surface area (Å²) in [6.07, 6.45) is 2.73. The Balaban J connectivity index is 2.32. The summed E-state index contributed by atoms with van der Waals surface area (Å²) in [5.41, 5.74) is 2.16. The molecule has 0 saturated carbocycles. The predicted molar refractivity (Wildman–Crippen MR) is 71.2 cm³/mol. The molecular formula is C13H18N2OS. The lowest BCUT2D eigenvalue weighted by Gasteiger charge is -2.03. The van der Waals surface area contributed by atoms with E-state index in [0.717, 1.165) is 17.8 Å². The average molecular weight is 250 g/mol. The van der Waals surface area contributed by atoms with Crippen molar-refractivity contribution in [3.05, 3.63) is 29.3 Å². The summed E-state index contributed by atoms with van der Waals surface area (Å²) >= 11 is 1.69. The zero-order valence-electron chi connectivity index (χ0n) is 10.3. The van der Waals surface area contributed by atoms with Crippen molar-refractivity contribution in [1.82, 2.24) is 9.78 Å². The first kappa shape index (κ1) is 12.3. The molecule has 0 aliphatic rings. The van der Waals surface area contributed by atoms with Gasteiger partial charge >= 0.3 is 0 Å². The van der Waals surface area contributed by atoms with Crippen LogP contribution in [0.2, 0.25) is 0 Å². The normalized spacial score (nSPS) is 11.3. The Hall–Kier alpha value is -1.13. The predicted octanol–water partition coefficient (Wildman–Crippen LogP) is 2.80. The zero-order chi connectivity index (χ0) is 12.3. The van der Waals surface area contributed by atoms with Crippen LogP contribution >= 0.6 is 11.3 Å². The Morgan fingerprint density at radius 1 is 1.47 bits per heavy atom. The summed E-state index contributed by atoms with van der Waals surface area (Å²) in [6.45, 7) is 5.45. The van der Waals surface area contributed by atoms with Crippen LogP contribution in [-0.4, -0.2) is 21.5 Å². The molecule has 0 aliphatic heterocycles. The van der Waals surface area contributed by atoms with Crippen molar-refractivity contribution in [3.8, 4) is 10.6 Å². The van der Waals surface area contributed by atoms with Gasteiger partial charge in [-0.3, -0.25) is 4.68 Å². The molecule has 2 aromatic heterocycles. The van der Waals surface area contributed by atoms with Gasteiger partial charge in [0.25, 0.3) is 0 Å². The molecule has 0 bridgehead atoms. The minimum atomic E-state index is 0.172. The minimum Gasteiger partial charge on any atom is -0.396 e. The molecule has 4 heteroatoms. The molecule has 2 rings (SSSR count). The standard InChI is InChI=1S/C13H18N2OS/c1-10(2)8-15-9-11(5-6-16)13(14-15)12-4-3-7-17-12/h3-4,7,9-10,16H,5-6,8H2,1-2H3. The third-order valence-electron chi connectivity index (χ3n) is 2.53. The number of aromatic nitrogens is 2. The van der Waals surface area contributed by atoms with Crippen molar-refractivity contribution in [2.45, 2.75) is 26.8 Å². The molecule has 3 nitrogen and oxygen atoms in total. The average Bonchev–Trinajstić information content (AvgIpc) is 2.86. The SMILES string of the molecule is CC(C)Cn1cc(CCO)c(-c2cccs2)n1. The van der Waals surface area contributed by atoms with E-state index in [1.807, 2.05) is 10.7 Å². The van der Waals surface area contributed by atoms with Crippen LogP contribution < -0.4 is 0 Å². The first-order valence-corrected chi connectivity index (χ1v) is 6.79. The molecule has 2 aromatic rings. The fourth-order valence-electron chi connectivity index (χ4n) is 1.85. The van der Waals surface area contributed by atoms with E-state index in [1.54, 1.807) is 11.3 Å². The van der Waals surface area contributed by atoms with Crippen LogP contribution in [0.1, 0.15) is 19.4 Å². The van der Waals surface area contributed by atoms with Gasteiger partial charge in [0.05, 0.1) is 4.88 Å². The molecule has 17 heavy (non-hydrogen) atoms. The highest BCUT2D eigenvalue weighted by Gasteiger charge is 2.12. The second kappa shape index (κ2) is 5.47. The molecule has 0 radical (unpaired) electrons. The van der Waals surface area contributed by atoms with Crippen molar-refractivity contribution < 1.29 is 5.11 Å². The molecule has 0 fully saturated rings. The topological polar surface area (TPSA) is 38.0 Å². The number of rotatable bonds is 5. The summed E-state index contributed by atoms with van der Waals surface area (Å²) in [5, 5.41) is 15.8. The number of aliphatic hydroxyl groups is 1.